The van der Waals surface area contributed by atoms with Crippen molar-refractivity contribution < 1.29 is 9.59 Å². The highest BCUT2D eigenvalue weighted by atomic mass is 35.5. The maximum atomic E-state index is 13.1. The van der Waals surface area contributed by atoms with Gasteiger partial charge in [-0.05, 0) is 67.1 Å². The molecule has 6 heteroatoms. The average molecular weight is 402 g/mol. The van der Waals surface area contributed by atoms with Gasteiger partial charge in [0.25, 0.3) is 5.91 Å². The number of benzene rings is 2. The van der Waals surface area contributed by atoms with Gasteiger partial charge in [-0.2, -0.15) is 0 Å². The molecule has 0 saturated carbocycles. The summed E-state index contributed by atoms with van der Waals surface area (Å²) in [6.45, 7) is 6.61. The number of aryl methyl sites for hydroxylation is 1. The van der Waals surface area contributed by atoms with Crippen LogP contribution in [0.15, 0.2) is 36.4 Å². The van der Waals surface area contributed by atoms with Gasteiger partial charge in [0.15, 0.2) is 0 Å². The summed E-state index contributed by atoms with van der Waals surface area (Å²) in [7, 11) is 0. The fourth-order valence-electron chi connectivity index (χ4n) is 3.53. The zero-order valence-corrected chi connectivity index (χ0v) is 17.4. The van der Waals surface area contributed by atoms with E-state index in [0.717, 1.165) is 41.0 Å². The minimum atomic E-state index is -0.0373. The van der Waals surface area contributed by atoms with E-state index in [4.69, 9.17) is 5.73 Å². The van der Waals surface area contributed by atoms with Crippen molar-refractivity contribution in [1.29, 1.82) is 0 Å². The van der Waals surface area contributed by atoms with Crippen LogP contribution in [0.4, 0.5) is 17.1 Å². The number of nitrogen functional groups attached to an aromatic ring is 1. The molecule has 2 amide bonds. The van der Waals surface area contributed by atoms with Crippen molar-refractivity contribution in [2.75, 3.05) is 22.5 Å². The van der Waals surface area contributed by atoms with Crippen molar-refractivity contribution in [2.45, 2.75) is 40.0 Å². The SMILES string of the molecule is Cc1cc(C(=O)N2CCCc3c(N)cccc32)ccc1NC(=O)CC(C)C.Cl. The minimum absolute atomic E-state index is 0. The van der Waals surface area contributed by atoms with Crippen LogP contribution in [0.2, 0.25) is 0 Å². The summed E-state index contributed by atoms with van der Waals surface area (Å²) < 4.78 is 0. The molecule has 1 heterocycles. The summed E-state index contributed by atoms with van der Waals surface area (Å²) in [5.74, 6) is 0.259. The third-order valence-corrected chi connectivity index (χ3v) is 4.87. The number of nitrogens with two attached hydrogens (primary N) is 1. The molecule has 1 aliphatic heterocycles. The van der Waals surface area contributed by atoms with Crippen LogP contribution in [0.25, 0.3) is 0 Å². The Bertz CT molecular complexity index is 880. The third kappa shape index (κ3) is 4.65. The van der Waals surface area contributed by atoms with Crippen molar-refractivity contribution in [3.05, 3.63) is 53.1 Å². The van der Waals surface area contributed by atoms with Crippen molar-refractivity contribution in [3.8, 4) is 0 Å². The van der Waals surface area contributed by atoms with E-state index in [1.807, 2.05) is 51.1 Å². The van der Waals surface area contributed by atoms with E-state index >= 15 is 0 Å². The van der Waals surface area contributed by atoms with E-state index in [2.05, 4.69) is 5.32 Å². The predicted molar refractivity (Wildman–Crippen MR) is 117 cm³/mol. The Morgan fingerprint density at radius 2 is 1.96 bits per heavy atom. The van der Waals surface area contributed by atoms with Crippen LogP contribution in [0.1, 0.15) is 48.2 Å². The molecule has 0 atom stereocenters. The van der Waals surface area contributed by atoms with Crippen LogP contribution in [0.5, 0.6) is 0 Å². The Kier molecular flexibility index (Phi) is 7.08. The molecule has 0 unspecified atom stereocenters. The first-order chi connectivity index (χ1) is 12.9. The van der Waals surface area contributed by atoms with Gasteiger partial charge in [0, 0.05) is 35.6 Å². The number of hydrogen-bond acceptors (Lipinski definition) is 3. The number of anilines is 3. The second kappa shape index (κ2) is 9.11. The lowest BCUT2D eigenvalue weighted by atomic mass is 9.98. The lowest BCUT2D eigenvalue weighted by Crippen LogP contribution is -2.35. The third-order valence-electron chi connectivity index (χ3n) is 4.87. The fraction of sp³-hybridized carbons (Fsp3) is 0.364. The van der Waals surface area contributed by atoms with Gasteiger partial charge in [0.05, 0.1) is 0 Å². The molecule has 0 spiro atoms. The van der Waals surface area contributed by atoms with Crippen LogP contribution in [-0.4, -0.2) is 18.4 Å². The standard InChI is InChI=1S/C22H27N3O2.ClH/c1-14(2)12-21(26)24-19-10-9-16(13-15(19)3)22(27)25-11-5-6-17-18(23)7-4-8-20(17)25;/h4,7-10,13-14H,5-6,11-12,23H2,1-3H3,(H,24,26);1H. The Hall–Kier alpha value is -2.53. The van der Waals surface area contributed by atoms with Gasteiger partial charge in [0.2, 0.25) is 5.91 Å². The number of amides is 2. The number of halogens is 1. The summed E-state index contributed by atoms with van der Waals surface area (Å²) in [6, 6.07) is 11.2. The fourth-order valence-corrected chi connectivity index (χ4v) is 3.53. The number of nitrogens with zero attached hydrogens (tertiary/aromatic N) is 1. The summed E-state index contributed by atoms with van der Waals surface area (Å²) >= 11 is 0. The number of carbonyl (C=O) groups is 2. The number of nitrogens with one attached hydrogen (secondary N) is 1. The highest BCUT2D eigenvalue weighted by Gasteiger charge is 2.25. The van der Waals surface area contributed by atoms with E-state index in [1.54, 1.807) is 11.0 Å². The molecule has 3 rings (SSSR count). The summed E-state index contributed by atoms with van der Waals surface area (Å²) in [4.78, 5) is 26.9. The number of rotatable bonds is 4. The molecule has 150 valence electrons. The van der Waals surface area contributed by atoms with Crippen LogP contribution < -0.4 is 16.0 Å². The normalized spacial score (nSPS) is 12.9. The van der Waals surface area contributed by atoms with Gasteiger partial charge in [-0.1, -0.05) is 19.9 Å². The van der Waals surface area contributed by atoms with Crippen molar-refractivity contribution in [2.24, 2.45) is 5.92 Å². The quantitative estimate of drug-likeness (QED) is 0.736. The molecule has 5 nitrogen and oxygen atoms in total. The van der Waals surface area contributed by atoms with Gasteiger partial charge < -0.3 is 16.0 Å². The number of carbonyl (C=O) groups excluding carboxylic acids is 2. The van der Waals surface area contributed by atoms with Crippen LogP contribution in [0, 0.1) is 12.8 Å². The molecule has 0 saturated heterocycles. The number of hydrogen-bond donors (Lipinski definition) is 2. The van der Waals surface area contributed by atoms with E-state index in [1.165, 1.54) is 0 Å². The minimum Gasteiger partial charge on any atom is -0.398 e. The Balaban J connectivity index is 0.00000280. The Labute approximate surface area is 172 Å². The molecule has 0 fully saturated rings. The Morgan fingerprint density at radius 3 is 2.64 bits per heavy atom. The van der Waals surface area contributed by atoms with E-state index < -0.39 is 0 Å². The van der Waals surface area contributed by atoms with E-state index in [-0.39, 0.29) is 24.2 Å². The van der Waals surface area contributed by atoms with Crippen LogP contribution in [0.3, 0.4) is 0 Å². The Morgan fingerprint density at radius 1 is 1.21 bits per heavy atom. The zero-order valence-electron chi connectivity index (χ0n) is 16.6. The molecular formula is C22H28ClN3O2. The number of fused-ring (bicyclic) bond motifs is 1. The van der Waals surface area contributed by atoms with Gasteiger partial charge in [-0.25, -0.2) is 0 Å². The molecule has 2 aromatic rings. The molecule has 28 heavy (non-hydrogen) atoms. The molecule has 1 aliphatic rings. The lowest BCUT2D eigenvalue weighted by Gasteiger charge is -2.30. The maximum absolute atomic E-state index is 13.1. The van der Waals surface area contributed by atoms with E-state index in [9.17, 15) is 9.59 Å². The van der Waals surface area contributed by atoms with Gasteiger partial charge in [-0.3, -0.25) is 9.59 Å². The first kappa shape index (κ1) is 21.8. The molecular weight excluding hydrogens is 374 g/mol. The second-order valence-electron chi connectivity index (χ2n) is 7.58. The highest BCUT2D eigenvalue weighted by molar-refractivity contribution is 6.07. The topological polar surface area (TPSA) is 75.4 Å². The zero-order chi connectivity index (χ0) is 19.6. The summed E-state index contributed by atoms with van der Waals surface area (Å²) in [5, 5.41) is 2.93. The van der Waals surface area contributed by atoms with Gasteiger partial charge in [-0.15, -0.1) is 12.4 Å². The molecule has 2 aromatic carbocycles. The van der Waals surface area contributed by atoms with Gasteiger partial charge >= 0.3 is 0 Å². The molecule has 0 aliphatic carbocycles. The van der Waals surface area contributed by atoms with E-state index in [0.29, 0.717) is 24.4 Å². The van der Waals surface area contributed by atoms with Crippen molar-refractivity contribution in [3.63, 3.8) is 0 Å². The van der Waals surface area contributed by atoms with Crippen LogP contribution in [-0.2, 0) is 11.2 Å². The predicted octanol–water partition coefficient (Wildman–Crippen LogP) is 4.58. The molecule has 0 bridgehead atoms. The molecule has 0 radical (unpaired) electrons. The molecule has 3 N–H and O–H groups in total. The lowest BCUT2D eigenvalue weighted by molar-refractivity contribution is -0.116. The summed E-state index contributed by atoms with van der Waals surface area (Å²) in [6.07, 6.45) is 2.27. The smallest absolute Gasteiger partial charge is 0.258 e. The average Bonchev–Trinajstić information content (AvgIpc) is 2.62. The largest absolute Gasteiger partial charge is 0.398 e. The first-order valence-electron chi connectivity index (χ1n) is 9.46. The maximum Gasteiger partial charge on any atom is 0.258 e. The highest BCUT2D eigenvalue weighted by Crippen LogP contribution is 2.32. The molecule has 0 aromatic heterocycles. The first-order valence-corrected chi connectivity index (χ1v) is 9.46. The van der Waals surface area contributed by atoms with Crippen LogP contribution >= 0.6 is 12.4 Å². The summed E-state index contributed by atoms with van der Waals surface area (Å²) in [5.41, 5.74) is 11.0. The monoisotopic (exact) mass is 401 g/mol. The van der Waals surface area contributed by atoms with Crippen molar-refractivity contribution >= 4 is 41.3 Å². The van der Waals surface area contributed by atoms with Gasteiger partial charge in [0.1, 0.15) is 0 Å². The van der Waals surface area contributed by atoms with Crippen molar-refractivity contribution in [1.82, 2.24) is 0 Å². The second-order valence-corrected chi connectivity index (χ2v) is 7.58.